The standard InChI is InChI=1S/C28H42O6/c1-4-9-34-26-19-13-33-14-28(12-23(26)30)20(19)8-7-17-18-6-5-16(10-15(2)3)24(27(31)32)25(18)22(29)11-21(17)28/h11,15-20,23-26,30H,4-10,12-14H2,1-3H3,(H,31,32)/t16?,17?,18?,19?,20?,23-,24?,25?,26-,28-/m1/s1. The number of aliphatic carboxylic acids is 1. The van der Waals surface area contributed by atoms with E-state index in [1.54, 1.807) is 0 Å². The summed E-state index contributed by atoms with van der Waals surface area (Å²) in [5.41, 5.74) is 0.852. The van der Waals surface area contributed by atoms with Gasteiger partial charge in [-0.3, -0.25) is 9.59 Å². The summed E-state index contributed by atoms with van der Waals surface area (Å²) in [4.78, 5) is 26.1. The van der Waals surface area contributed by atoms with Crippen molar-refractivity contribution < 1.29 is 29.3 Å². The van der Waals surface area contributed by atoms with Crippen LogP contribution in [0.25, 0.3) is 0 Å². The van der Waals surface area contributed by atoms with Gasteiger partial charge in [-0.25, -0.2) is 0 Å². The quantitative estimate of drug-likeness (QED) is 0.602. The molecule has 5 rings (SSSR count). The summed E-state index contributed by atoms with van der Waals surface area (Å²) in [5, 5.41) is 21.4. The van der Waals surface area contributed by atoms with Crippen molar-refractivity contribution in [2.24, 2.45) is 52.8 Å². The molecule has 6 heteroatoms. The Hall–Kier alpha value is -1.24. The Labute approximate surface area is 203 Å². The molecule has 3 saturated carbocycles. The highest BCUT2D eigenvalue weighted by molar-refractivity contribution is 5.97. The fourth-order valence-corrected chi connectivity index (χ4v) is 8.93. The average Bonchev–Trinajstić information content (AvgIpc) is 2.78. The topological polar surface area (TPSA) is 93.1 Å². The first-order valence-corrected chi connectivity index (χ1v) is 13.6. The number of hydrogen-bond donors (Lipinski definition) is 2. The molecule has 4 fully saturated rings. The average molecular weight is 475 g/mol. The third-order valence-corrected chi connectivity index (χ3v) is 9.98. The molecule has 7 unspecified atom stereocenters. The highest BCUT2D eigenvalue weighted by atomic mass is 16.5. The minimum atomic E-state index is -0.803. The molecule has 0 amide bonds. The SMILES string of the molecule is CCCO[C@@H]1C2COC[C@@]3(C[C@H]1O)C1=CC(=O)C4C(CCC(CC(C)C)C4C(=O)O)C1CCC23. The van der Waals surface area contributed by atoms with Crippen LogP contribution in [0.15, 0.2) is 11.6 Å². The largest absolute Gasteiger partial charge is 0.481 e. The number of aliphatic hydroxyl groups excluding tert-OH is 1. The molecule has 1 saturated heterocycles. The minimum absolute atomic E-state index is 0.00750. The Kier molecular flexibility index (Phi) is 6.71. The van der Waals surface area contributed by atoms with Gasteiger partial charge in [-0.1, -0.05) is 26.3 Å². The molecule has 6 nitrogen and oxygen atoms in total. The van der Waals surface area contributed by atoms with Crippen LogP contribution in [0.3, 0.4) is 0 Å². The number of carboxylic acid groups (broad SMARTS) is 1. The molecule has 1 aliphatic heterocycles. The van der Waals surface area contributed by atoms with E-state index in [0.29, 0.717) is 38.1 Å². The molecule has 34 heavy (non-hydrogen) atoms. The van der Waals surface area contributed by atoms with Gasteiger partial charge in [0.25, 0.3) is 0 Å². The molecule has 1 heterocycles. The lowest BCUT2D eigenvalue weighted by atomic mass is 9.45. The van der Waals surface area contributed by atoms with Gasteiger partial charge in [0, 0.05) is 23.9 Å². The molecule has 2 N–H and O–H groups in total. The van der Waals surface area contributed by atoms with E-state index in [1.807, 2.05) is 6.08 Å². The van der Waals surface area contributed by atoms with Crippen molar-refractivity contribution >= 4 is 11.8 Å². The molecule has 0 radical (unpaired) electrons. The highest BCUT2D eigenvalue weighted by Gasteiger charge is 2.63. The number of rotatable bonds is 6. The van der Waals surface area contributed by atoms with Crippen LogP contribution in [-0.4, -0.2) is 54.0 Å². The lowest BCUT2D eigenvalue weighted by molar-refractivity contribution is -0.215. The van der Waals surface area contributed by atoms with Gasteiger partial charge in [0.1, 0.15) is 0 Å². The Morgan fingerprint density at radius 3 is 2.74 bits per heavy atom. The van der Waals surface area contributed by atoms with E-state index >= 15 is 0 Å². The molecule has 4 aliphatic carbocycles. The van der Waals surface area contributed by atoms with Gasteiger partial charge in [-0.15, -0.1) is 0 Å². The summed E-state index contributed by atoms with van der Waals surface area (Å²) >= 11 is 0. The number of ketones is 1. The van der Waals surface area contributed by atoms with Gasteiger partial charge in [-0.05, 0) is 80.6 Å². The van der Waals surface area contributed by atoms with Gasteiger partial charge in [0.15, 0.2) is 5.78 Å². The van der Waals surface area contributed by atoms with Gasteiger partial charge in [0.05, 0.1) is 31.3 Å². The molecule has 0 aromatic rings. The number of fused-ring (bicyclic) bond motifs is 3. The maximum atomic E-state index is 13.7. The summed E-state index contributed by atoms with van der Waals surface area (Å²) < 4.78 is 12.3. The van der Waals surface area contributed by atoms with Crippen molar-refractivity contribution in [1.29, 1.82) is 0 Å². The normalized spacial score (nSPS) is 45.7. The Morgan fingerprint density at radius 1 is 1.24 bits per heavy atom. The number of carbonyl (C=O) groups is 2. The zero-order chi connectivity index (χ0) is 24.2. The predicted octanol–water partition coefficient (Wildman–Crippen LogP) is 4.10. The van der Waals surface area contributed by atoms with Gasteiger partial charge in [0.2, 0.25) is 0 Å². The fraction of sp³-hybridized carbons (Fsp3) is 0.857. The van der Waals surface area contributed by atoms with E-state index in [2.05, 4.69) is 20.8 Å². The number of carbonyl (C=O) groups excluding carboxylic acids is 1. The fourth-order valence-electron chi connectivity index (χ4n) is 8.93. The summed E-state index contributed by atoms with van der Waals surface area (Å²) in [5.74, 6) is -0.476. The van der Waals surface area contributed by atoms with Crippen molar-refractivity contribution in [2.75, 3.05) is 19.8 Å². The maximum absolute atomic E-state index is 13.7. The zero-order valence-corrected chi connectivity index (χ0v) is 20.9. The molecule has 2 bridgehead atoms. The lowest BCUT2D eigenvalue weighted by Crippen LogP contribution is -2.63. The van der Waals surface area contributed by atoms with Crippen molar-refractivity contribution in [3.8, 4) is 0 Å². The van der Waals surface area contributed by atoms with Gasteiger partial charge < -0.3 is 19.7 Å². The monoisotopic (exact) mass is 474 g/mol. The third-order valence-electron chi connectivity index (χ3n) is 9.98. The van der Waals surface area contributed by atoms with Crippen LogP contribution < -0.4 is 0 Å². The van der Waals surface area contributed by atoms with E-state index in [0.717, 1.165) is 38.5 Å². The minimum Gasteiger partial charge on any atom is -0.481 e. The third kappa shape index (κ3) is 3.79. The number of aliphatic hydroxyl groups is 1. The first kappa shape index (κ1) is 24.5. The van der Waals surface area contributed by atoms with Crippen LogP contribution in [-0.2, 0) is 19.1 Å². The highest BCUT2D eigenvalue weighted by Crippen LogP contribution is 2.64. The number of allylic oxidation sites excluding steroid dienone is 1. The molecule has 0 spiro atoms. The Morgan fingerprint density at radius 2 is 2.03 bits per heavy atom. The van der Waals surface area contributed by atoms with E-state index in [-0.39, 0.29) is 41.0 Å². The first-order chi connectivity index (χ1) is 16.3. The van der Waals surface area contributed by atoms with Crippen LogP contribution in [0.5, 0.6) is 0 Å². The number of ether oxygens (including phenoxy) is 2. The zero-order valence-electron chi connectivity index (χ0n) is 20.9. The maximum Gasteiger partial charge on any atom is 0.307 e. The predicted molar refractivity (Wildman–Crippen MR) is 127 cm³/mol. The Bertz CT molecular complexity index is 835. The molecule has 190 valence electrons. The van der Waals surface area contributed by atoms with E-state index in [1.165, 1.54) is 5.57 Å². The molecule has 10 atom stereocenters. The van der Waals surface area contributed by atoms with Crippen LogP contribution >= 0.6 is 0 Å². The Balaban J connectivity index is 1.49. The van der Waals surface area contributed by atoms with Crippen LogP contribution in [0, 0.1) is 52.8 Å². The molecular formula is C28H42O6. The van der Waals surface area contributed by atoms with Crippen molar-refractivity contribution in [1.82, 2.24) is 0 Å². The van der Waals surface area contributed by atoms with E-state index in [9.17, 15) is 19.8 Å². The second kappa shape index (κ2) is 9.33. The number of hydrogen-bond acceptors (Lipinski definition) is 5. The van der Waals surface area contributed by atoms with E-state index in [4.69, 9.17) is 9.47 Å². The van der Waals surface area contributed by atoms with E-state index < -0.39 is 23.9 Å². The van der Waals surface area contributed by atoms with Gasteiger partial charge >= 0.3 is 5.97 Å². The molecule has 0 aromatic carbocycles. The first-order valence-electron chi connectivity index (χ1n) is 13.6. The summed E-state index contributed by atoms with van der Waals surface area (Å²) in [7, 11) is 0. The lowest BCUT2D eigenvalue weighted by Gasteiger charge is -2.62. The van der Waals surface area contributed by atoms with Crippen molar-refractivity contribution in [2.45, 2.75) is 77.9 Å². The number of carboxylic acids is 1. The van der Waals surface area contributed by atoms with Crippen molar-refractivity contribution in [3.63, 3.8) is 0 Å². The summed E-state index contributed by atoms with van der Waals surface area (Å²) in [6, 6.07) is 0. The van der Waals surface area contributed by atoms with Crippen LogP contribution in [0.1, 0.15) is 65.7 Å². The van der Waals surface area contributed by atoms with Crippen LogP contribution in [0.2, 0.25) is 0 Å². The molecular weight excluding hydrogens is 432 g/mol. The smallest absolute Gasteiger partial charge is 0.307 e. The molecule has 0 aromatic heterocycles. The van der Waals surface area contributed by atoms with Crippen molar-refractivity contribution in [3.05, 3.63) is 11.6 Å². The molecule has 5 aliphatic rings. The second-order valence-electron chi connectivity index (χ2n) is 12.3. The summed E-state index contributed by atoms with van der Waals surface area (Å²) in [6.07, 6.45) is 7.28. The summed E-state index contributed by atoms with van der Waals surface area (Å²) in [6.45, 7) is 8.15. The second-order valence-corrected chi connectivity index (χ2v) is 12.3. The van der Waals surface area contributed by atoms with Crippen LogP contribution in [0.4, 0.5) is 0 Å². The van der Waals surface area contributed by atoms with Gasteiger partial charge in [-0.2, -0.15) is 0 Å².